The first-order valence-electron chi connectivity index (χ1n) is 5.58. The Bertz CT molecular complexity index is 951. The molecule has 4 rings (SSSR count). The van der Waals surface area contributed by atoms with Crippen LogP contribution in [0.15, 0.2) is 41.3 Å². The van der Waals surface area contributed by atoms with Crippen LogP contribution in [0.4, 0.5) is 0 Å². The maximum Gasteiger partial charge on any atom is 0.257 e. The molecule has 0 fully saturated rings. The van der Waals surface area contributed by atoms with E-state index in [1.54, 1.807) is 6.20 Å². The van der Waals surface area contributed by atoms with E-state index >= 15 is 0 Å². The second-order valence-electron chi connectivity index (χ2n) is 4.19. The van der Waals surface area contributed by atoms with Crippen LogP contribution in [0.1, 0.15) is 0 Å². The first-order chi connectivity index (χ1) is 8.83. The molecule has 0 bridgehead atoms. The Hall–Kier alpha value is -2.69. The molecular weight excluding hydrogens is 228 g/mol. The van der Waals surface area contributed by atoms with Crippen LogP contribution in [0.2, 0.25) is 0 Å². The molecule has 0 amide bonds. The van der Waals surface area contributed by atoms with E-state index < -0.39 is 0 Å². The third-order valence-corrected chi connectivity index (χ3v) is 3.12. The molecule has 4 aromatic rings. The highest BCUT2D eigenvalue weighted by molar-refractivity contribution is 6.07. The van der Waals surface area contributed by atoms with Gasteiger partial charge >= 0.3 is 0 Å². The molecule has 0 aliphatic rings. The number of aromatic amines is 2. The molecule has 3 heterocycles. The van der Waals surface area contributed by atoms with Crippen LogP contribution >= 0.6 is 0 Å². The van der Waals surface area contributed by atoms with Crippen LogP contribution < -0.4 is 5.56 Å². The highest BCUT2D eigenvalue weighted by Gasteiger charge is 2.07. The largest absolute Gasteiger partial charge is 0.306 e. The lowest BCUT2D eigenvalue weighted by Gasteiger charge is -2.02. The van der Waals surface area contributed by atoms with Gasteiger partial charge < -0.3 is 4.98 Å². The number of hydrogen-bond acceptors (Lipinski definition) is 3. The molecule has 5 heteroatoms. The van der Waals surface area contributed by atoms with Crippen molar-refractivity contribution in [2.75, 3.05) is 0 Å². The normalized spacial score (nSPS) is 11.6. The fourth-order valence-corrected chi connectivity index (χ4v) is 2.27. The topological polar surface area (TPSA) is 74.4 Å². The van der Waals surface area contributed by atoms with E-state index in [1.807, 2.05) is 30.3 Å². The van der Waals surface area contributed by atoms with Crippen molar-refractivity contribution < 1.29 is 0 Å². The van der Waals surface area contributed by atoms with Crippen LogP contribution in [-0.4, -0.2) is 20.2 Å². The molecule has 18 heavy (non-hydrogen) atoms. The molecule has 3 aromatic heterocycles. The predicted molar refractivity (Wildman–Crippen MR) is 69.5 cm³/mol. The Morgan fingerprint density at radius 2 is 1.83 bits per heavy atom. The van der Waals surface area contributed by atoms with Crippen molar-refractivity contribution in [2.45, 2.75) is 0 Å². The van der Waals surface area contributed by atoms with Crippen molar-refractivity contribution in [3.8, 4) is 0 Å². The highest BCUT2D eigenvalue weighted by Crippen LogP contribution is 2.22. The molecule has 0 saturated carbocycles. The zero-order chi connectivity index (χ0) is 12.1. The number of H-pyrrole nitrogens is 2. The Kier molecular flexibility index (Phi) is 1.64. The summed E-state index contributed by atoms with van der Waals surface area (Å²) in [6.45, 7) is 0. The number of benzene rings is 1. The minimum Gasteiger partial charge on any atom is -0.306 e. The quantitative estimate of drug-likeness (QED) is 0.458. The van der Waals surface area contributed by atoms with Gasteiger partial charge in [0.25, 0.3) is 5.56 Å². The zero-order valence-electron chi connectivity index (χ0n) is 9.27. The Morgan fingerprint density at radius 1 is 1.00 bits per heavy atom. The molecule has 5 nitrogen and oxygen atoms in total. The fourth-order valence-electron chi connectivity index (χ4n) is 2.27. The molecule has 0 radical (unpaired) electrons. The maximum absolute atomic E-state index is 11.9. The Labute approximate surface area is 100 Å². The van der Waals surface area contributed by atoms with Gasteiger partial charge in [0.1, 0.15) is 5.65 Å². The summed E-state index contributed by atoms with van der Waals surface area (Å²) in [6.07, 6.45) is 1.72. The van der Waals surface area contributed by atoms with Gasteiger partial charge in [-0.2, -0.15) is 5.10 Å². The van der Waals surface area contributed by atoms with Crippen LogP contribution in [0.3, 0.4) is 0 Å². The standard InChI is InChI=1S/C13H8N4O/c18-13-9-4-2-1-3-8(9)10-5-7-6-14-17-11(7)15-12(10)16-13/h1-6H,(H2,14,15,16,17,18). The molecule has 86 valence electrons. The fraction of sp³-hybridized carbons (Fsp3) is 0. The number of nitrogens with zero attached hydrogens (tertiary/aromatic N) is 2. The van der Waals surface area contributed by atoms with Crippen molar-refractivity contribution >= 4 is 32.8 Å². The van der Waals surface area contributed by atoms with E-state index in [-0.39, 0.29) is 5.56 Å². The van der Waals surface area contributed by atoms with E-state index in [2.05, 4.69) is 20.2 Å². The predicted octanol–water partition coefficient (Wildman–Crippen LogP) is 1.95. The number of aromatic nitrogens is 4. The first-order valence-corrected chi connectivity index (χ1v) is 5.58. The molecule has 2 N–H and O–H groups in total. The number of rotatable bonds is 0. The second kappa shape index (κ2) is 3.16. The lowest BCUT2D eigenvalue weighted by atomic mass is 10.1. The number of nitrogens with one attached hydrogen (secondary N) is 2. The Morgan fingerprint density at radius 3 is 2.72 bits per heavy atom. The van der Waals surface area contributed by atoms with E-state index in [0.717, 1.165) is 16.2 Å². The van der Waals surface area contributed by atoms with Gasteiger partial charge in [0.2, 0.25) is 0 Å². The van der Waals surface area contributed by atoms with Crippen molar-refractivity contribution in [1.82, 2.24) is 20.2 Å². The van der Waals surface area contributed by atoms with Crippen LogP contribution in [0.25, 0.3) is 32.8 Å². The average Bonchev–Trinajstić information content (AvgIpc) is 2.84. The van der Waals surface area contributed by atoms with Crippen molar-refractivity contribution in [1.29, 1.82) is 0 Å². The van der Waals surface area contributed by atoms with E-state index in [0.29, 0.717) is 16.7 Å². The van der Waals surface area contributed by atoms with Gasteiger partial charge in [-0.3, -0.25) is 9.89 Å². The summed E-state index contributed by atoms with van der Waals surface area (Å²) >= 11 is 0. The summed E-state index contributed by atoms with van der Waals surface area (Å²) in [4.78, 5) is 19.1. The third kappa shape index (κ3) is 1.13. The molecule has 0 unspecified atom stereocenters. The molecule has 0 spiro atoms. The number of hydrogen-bond donors (Lipinski definition) is 2. The van der Waals surface area contributed by atoms with Crippen molar-refractivity contribution in [3.63, 3.8) is 0 Å². The minimum atomic E-state index is -0.121. The maximum atomic E-state index is 11.9. The molecule has 0 aliphatic carbocycles. The third-order valence-electron chi connectivity index (χ3n) is 3.12. The van der Waals surface area contributed by atoms with Gasteiger partial charge in [-0.05, 0) is 17.5 Å². The molecule has 1 aromatic carbocycles. The number of fused-ring (bicyclic) bond motifs is 4. The molecule has 0 saturated heterocycles. The van der Waals surface area contributed by atoms with E-state index in [9.17, 15) is 4.79 Å². The van der Waals surface area contributed by atoms with Gasteiger partial charge in [-0.1, -0.05) is 18.2 Å². The monoisotopic (exact) mass is 236 g/mol. The first kappa shape index (κ1) is 9.35. The smallest absolute Gasteiger partial charge is 0.257 e. The molecule has 0 aliphatic heterocycles. The molecule has 0 atom stereocenters. The Balaban J connectivity index is 2.36. The minimum absolute atomic E-state index is 0.121. The number of pyridine rings is 2. The van der Waals surface area contributed by atoms with Crippen LogP contribution in [0, 0.1) is 0 Å². The summed E-state index contributed by atoms with van der Waals surface area (Å²) in [5.74, 6) is 0. The van der Waals surface area contributed by atoms with Crippen molar-refractivity contribution in [2.24, 2.45) is 0 Å². The highest BCUT2D eigenvalue weighted by atomic mass is 16.1. The van der Waals surface area contributed by atoms with Crippen LogP contribution in [0.5, 0.6) is 0 Å². The summed E-state index contributed by atoms with van der Waals surface area (Å²) < 4.78 is 0. The summed E-state index contributed by atoms with van der Waals surface area (Å²) in [5, 5.41) is 10.2. The molecular formula is C13H8N4O. The van der Waals surface area contributed by atoms with Gasteiger partial charge in [0, 0.05) is 16.2 Å². The zero-order valence-corrected chi connectivity index (χ0v) is 9.27. The summed E-state index contributed by atoms with van der Waals surface area (Å²) in [7, 11) is 0. The van der Waals surface area contributed by atoms with Gasteiger partial charge in [0.15, 0.2) is 5.65 Å². The van der Waals surface area contributed by atoms with E-state index in [1.165, 1.54) is 0 Å². The van der Waals surface area contributed by atoms with Crippen molar-refractivity contribution in [3.05, 3.63) is 46.9 Å². The lowest BCUT2D eigenvalue weighted by molar-refractivity contribution is 1.10. The second-order valence-corrected chi connectivity index (χ2v) is 4.19. The van der Waals surface area contributed by atoms with Gasteiger partial charge in [-0.15, -0.1) is 0 Å². The van der Waals surface area contributed by atoms with Crippen LogP contribution in [-0.2, 0) is 0 Å². The lowest BCUT2D eigenvalue weighted by Crippen LogP contribution is -2.07. The summed E-state index contributed by atoms with van der Waals surface area (Å²) in [5.41, 5.74) is 1.13. The average molecular weight is 236 g/mol. The van der Waals surface area contributed by atoms with Gasteiger partial charge in [-0.25, -0.2) is 4.98 Å². The van der Waals surface area contributed by atoms with Gasteiger partial charge in [0.05, 0.1) is 6.20 Å². The van der Waals surface area contributed by atoms with E-state index in [4.69, 9.17) is 0 Å². The SMILES string of the molecule is O=c1[nH]c2nc3[nH]ncc3cc2c2ccccc12. The summed E-state index contributed by atoms with van der Waals surface area (Å²) in [6, 6.07) is 9.50.